The van der Waals surface area contributed by atoms with E-state index in [0.29, 0.717) is 0 Å². The van der Waals surface area contributed by atoms with Crippen LogP contribution in [0.3, 0.4) is 0 Å². The van der Waals surface area contributed by atoms with E-state index in [2.05, 4.69) is 68.4 Å². The third kappa shape index (κ3) is 4.08. The van der Waals surface area contributed by atoms with Gasteiger partial charge in [-0.25, -0.2) is 0 Å². The largest absolute Gasteiger partial charge is 0.140 e. The Balaban J connectivity index is 1.73. The lowest BCUT2D eigenvalue weighted by Gasteiger charge is -2.13. The van der Waals surface area contributed by atoms with E-state index in [9.17, 15) is 0 Å². The van der Waals surface area contributed by atoms with Gasteiger partial charge in [-0.2, -0.15) is 0 Å². The Morgan fingerprint density at radius 1 is 0.875 bits per heavy atom. The summed E-state index contributed by atoms with van der Waals surface area (Å²) in [7, 11) is 0. The fourth-order valence-corrected chi connectivity index (χ4v) is 4.55. The van der Waals surface area contributed by atoms with Crippen LogP contribution in [0.15, 0.2) is 54.6 Å². The number of benzene rings is 2. The normalized spacial score (nSPS) is 12.6. The van der Waals surface area contributed by atoms with Crippen LogP contribution in [0, 0.1) is 5.92 Å². The Morgan fingerprint density at radius 3 is 2.54 bits per heavy atom. The lowest BCUT2D eigenvalue weighted by molar-refractivity contribution is 0.423. The summed E-state index contributed by atoms with van der Waals surface area (Å²) in [5.41, 5.74) is 1.38. The number of unbranched alkanes of at least 4 members (excludes halogenated alkanes) is 1. The van der Waals surface area contributed by atoms with Crippen molar-refractivity contribution in [2.75, 3.05) is 0 Å². The molecule has 3 rings (SSSR count). The highest BCUT2D eigenvalue weighted by molar-refractivity contribution is 7.15. The third-order valence-electron chi connectivity index (χ3n) is 5.06. The summed E-state index contributed by atoms with van der Waals surface area (Å²) in [6, 6.07) is 20.0. The molecule has 0 spiro atoms. The molecule has 0 aliphatic rings. The van der Waals surface area contributed by atoms with Crippen LogP contribution in [0.5, 0.6) is 0 Å². The molecule has 0 N–H and O–H groups in total. The minimum Gasteiger partial charge on any atom is -0.140 e. The number of rotatable bonds is 8. The monoisotopic (exact) mass is 336 g/mol. The van der Waals surface area contributed by atoms with E-state index in [1.807, 2.05) is 11.3 Å². The fourth-order valence-electron chi connectivity index (χ4n) is 3.49. The SMILES string of the molecule is CCCCC(CC)CCc1ccc(-c2cccc3ccccc23)s1. The van der Waals surface area contributed by atoms with Gasteiger partial charge in [0.15, 0.2) is 0 Å². The molecule has 0 aliphatic carbocycles. The average Bonchev–Trinajstić information content (AvgIpc) is 3.10. The third-order valence-corrected chi connectivity index (χ3v) is 6.24. The predicted octanol–water partition coefficient (Wildman–Crippen LogP) is 7.72. The zero-order valence-electron chi connectivity index (χ0n) is 14.9. The van der Waals surface area contributed by atoms with Crippen LogP contribution in [-0.2, 0) is 6.42 Å². The summed E-state index contributed by atoms with van der Waals surface area (Å²) in [6.07, 6.45) is 7.99. The second-order valence-corrected chi connectivity index (χ2v) is 7.92. The van der Waals surface area contributed by atoms with E-state index in [1.165, 1.54) is 64.6 Å². The first-order chi connectivity index (χ1) is 11.8. The summed E-state index contributed by atoms with van der Waals surface area (Å²) < 4.78 is 0. The van der Waals surface area contributed by atoms with Gasteiger partial charge < -0.3 is 0 Å². The van der Waals surface area contributed by atoms with Gasteiger partial charge in [0.25, 0.3) is 0 Å². The molecule has 0 nitrogen and oxygen atoms in total. The number of hydrogen-bond acceptors (Lipinski definition) is 1. The molecule has 0 bridgehead atoms. The average molecular weight is 337 g/mol. The molecule has 126 valence electrons. The minimum absolute atomic E-state index is 0.896. The summed E-state index contributed by atoms with van der Waals surface area (Å²) in [6.45, 7) is 4.64. The maximum Gasteiger partial charge on any atom is 0.0351 e. The van der Waals surface area contributed by atoms with Crippen molar-refractivity contribution >= 4 is 22.1 Å². The van der Waals surface area contributed by atoms with Gasteiger partial charge in [0.05, 0.1) is 0 Å². The van der Waals surface area contributed by atoms with E-state index < -0.39 is 0 Å². The summed E-state index contributed by atoms with van der Waals surface area (Å²) in [5, 5.41) is 2.69. The Bertz CT molecular complexity index is 763. The van der Waals surface area contributed by atoms with Gasteiger partial charge in [0.2, 0.25) is 0 Å². The molecule has 0 saturated carbocycles. The molecule has 1 heteroatoms. The van der Waals surface area contributed by atoms with Crippen LogP contribution in [0.4, 0.5) is 0 Å². The quantitative estimate of drug-likeness (QED) is 0.395. The molecule has 24 heavy (non-hydrogen) atoms. The fraction of sp³-hybridized carbons (Fsp3) is 0.391. The maximum atomic E-state index is 2.34. The predicted molar refractivity (Wildman–Crippen MR) is 109 cm³/mol. The van der Waals surface area contributed by atoms with Gasteiger partial charge in [-0.05, 0) is 47.2 Å². The van der Waals surface area contributed by atoms with Crippen LogP contribution in [0.1, 0.15) is 50.8 Å². The van der Waals surface area contributed by atoms with Crippen LogP contribution in [0.2, 0.25) is 0 Å². The van der Waals surface area contributed by atoms with Crippen molar-refractivity contribution in [3.05, 3.63) is 59.5 Å². The van der Waals surface area contributed by atoms with Crippen LogP contribution in [-0.4, -0.2) is 0 Å². The molecule has 1 heterocycles. The Morgan fingerprint density at radius 2 is 1.71 bits per heavy atom. The van der Waals surface area contributed by atoms with Crippen molar-refractivity contribution in [2.24, 2.45) is 5.92 Å². The first-order valence-corrected chi connectivity index (χ1v) is 10.2. The van der Waals surface area contributed by atoms with Gasteiger partial charge in [-0.15, -0.1) is 11.3 Å². The highest BCUT2D eigenvalue weighted by Gasteiger charge is 2.10. The summed E-state index contributed by atoms with van der Waals surface area (Å²) in [4.78, 5) is 2.94. The van der Waals surface area contributed by atoms with E-state index >= 15 is 0 Å². The van der Waals surface area contributed by atoms with E-state index in [4.69, 9.17) is 0 Å². The van der Waals surface area contributed by atoms with E-state index in [1.54, 1.807) is 0 Å². The Kier molecular flexibility index (Phi) is 6.09. The van der Waals surface area contributed by atoms with Gasteiger partial charge in [0.1, 0.15) is 0 Å². The molecule has 0 aliphatic heterocycles. The first kappa shape index (κ1) is 17.2. The number of fused-ring (bicyclic) bond motifs is 1. The maximum absolute atomic E-state index is 2.34. The number of thiophene rings is 1. The Labute approximate surface area is 150 Å². The zero-order chi connectivity index (χ0) is 16.8. The lowest BCUT2D eigenvalue weighted by Crippen LogP contribution is -2.00. The van der Waals surface area contributed by atoms with Gasteiger partial charge in [0, 0.05) is 9.75 Å². The smallest absolute Gasteiger partial charge is 0.0351 e. The summed E-state index contributed by atoms with van der Waals surface area (Å²) in [5.74, 6) is 0.896. The molecule has 1 atom stereocenters. The second kappa shape index (κ2) is 8.48. The van der Waals surface area contributed by atoms with Crippen LogP contribution < -0.4 is 0 Å². The van der Waals surface area contributed by atoms with Crippen molar-refractivity contribution in [3.8, 4) is 10.4 Å². The molecular formula is C23H28S. The van der Waals surface area contributed by atoms with Gasteiger partial charge >= 0.3 is 0 Å². The standard InChI is InChI=1S/C23H28S/c1-3-5-9-18(4-2)14-15-20-16-17-23(24-20)22-13-8-11-19-10-6-7-12-21(19)22/h6-8,10-13,16-18H,3-5,9,14-15H2,1-2H3. The van der Waals surface area contributed by atoms with Gasteiger partial charge in [-0.1, -0.05) is 82.0 Å². The second-order valence-electron chi connectivity index (χ2n) is 6.75. The highest BCUT2D eigenvalue weighted by atomic mass is 32.1. The van der Waals surface area contributed by atoms with Crippen molar-refractivity contribution in [1.82, 2.24) is 0 Å². The molecule has 1 unspecified atom stereocenters. The topological polar surface area (TPSA) is 0 Å². The lowest BCUT2D eigenvalue weighted by atomic mass is 9.94. The Hall–Kier alpha value is -1.60. The molecule has 0 radical (unpaired) electrons. The first-order valence-electron chi connectivity index (χ1n) is 9.38. The number of aryl methyl sites for hydroxylation is 1. The van der Waals surface area contributed by atoms with Gasteiger partial charge in [-0.3, -0.25) is 0 Å². The minimum atomic E-state index is 0.896. The zero-order valence-corrected chi connectivity index (χ0v) is 15.7. The van der Waals surface area contributed by atoms with Crippen molar-refractivity contribution in [1.29, 1.82) is 0 Å². The molecule has 3 aromatic rings. The van der Waals surface area contributed by atoms with Crippen molar-refractivity contribution < 1.29 is 0 Å². The van der Waals surface area contributed by atoms with E-state index in [-0.39, 0.29) is 0 Å². The van der Waals surface area contributed by atoms with E-state index in [0.717, 1.165) is 5.92 Å². The molecule has 0 fully saturated rings. The van der Waals surface area contributed by atoms with Crippen LogP contribution >= 0.6 is 11.3 Å². The molecule has 0 amide bonds. The van der Waals surface area contributed by atoms with Crippen LogP contribution in [0.25, 0.3) is 21.2 Å². The molecule has 2 aromatic carbocycles. The molecular weight excluding hydrogens is 308 g/mol. The molecule has 0 saturated heterocycles. The van der Waals surface area contributed by atoms with Crippen molar-refractivity contribution in [3.63, 3.8) is 0 Å². The number of hydrogen-bond donors (Lipinski definition) is 0. The highest BCUT2D eigenvalue weighted by Crippen LogP contribution is 2.34. The molecule has 1 aromatic heterocycles. The summed E-state index contributed by atoms with van der Waals surface area (Å²) >= 11 is 1.98. The van der Waals surface area contributed by atoms with Crippen molar-refractivity contribution in [2.45, 2.75) is 52.4 Å².